The molecule has 2 fully saturated rings. The van der Waals surface area contributed by atoms with Gasteiger partial charge in [0, 0.05) is 0 Å². The standard InChI is InChI=1S/C12H16N2O3/c15-10-11(5-1-2-6-11)9(13-16)12(14(10)17)7-3-4-8-12/h3,7,9,17H,1-2,4-6,8H2. The summed E-state index contributed by atoms with van der Waals surface area (Å²) in [6, 6.07) is -0.631. The maximum atomic E-state index is 12.3. The fourth-order valence-electron chi connectivity index (χ4n) is 3.89. The number of rotatable bonds is 1. The molecule has 1 heterocycles. The van der Waals surface area contributed by atoms with Crippen molar-refractivity contribution in [3.63, 3.8) is 0 Å². The van der Waals surface area contributed by atoms with Crippen molar-refractivity contribution < 1.29 is 10.0 Å². The summed E-state index contributed by atoms with van der Waals surface area (Å²) < 4.78 is 0. The van der Waals surface area contributed by atoms with Crippen molar-refractivity contribution in [1.82, 2.24) is 5.06 Å². The van der Waals surface area contributed by atoms with Gasteiger partial charge >= 0.3 is 0 Å². The van der Waals surface area contributed by atoms with Gasteiger partial charge in [-0.2, -0.15) is 4.91 Å². The molecule has 1 saturated carbocycles. The van der Waals surface area contributed by atoms with Gasteiger partial charge in [-0.1, -0.05) is 30.2 Å². The van der Waals surface area contributed by atoms with Crippen LogP contribution in [0.3, 0.4) is 0 Å². The Morgan fingerprint density at radius 1 is 1.35 bits per heavy atom. The Labute approximate surface area is 99.4 Å². The molecule has 3 aliphatic rings. The third-order valence-corrected chi connectivity index (χ3v) is 4.73. The lowest BCUT2D eigenvalue weighted by Gasteiger charge is -2.31. The first-order valence-electron chi connectivity index (χ1n) is 6.21. The Bertz CT molecular complexity index is 401. The normalized spacial score (nSPS) is 38.8. The van der Waals surface area contributed by atoms with Crippen LogP contribution in [0.4, 0.5) is 0 Å². The molecule has 1 amide bonds. The Morgan fingerprint density at radius 2 is 2.06 bits per heavy atom. The second-order valence-corrected chi connectivity index (χ2v) is 5.42. The Morgan fingerprint density at radius 3 is 2.59 bits per heavy atom. The average molecular weight is 236 g/mol. The summed E-state index contributed by atoms with van der Waals surface area (Å²) in [6.45, 7) is 0. The summed E-state index contributed by atoms with van der Waals surface area (Å²) >= 11 is 0. The summed E-state index contributed by atoms with van der Waals surface area (Å²) in [5, 5.41) is 14.1. The van der Waals surface area contributed by atoms with Gasteiger partial charge in [-0.05, 0) is 25.7 Å². The molecule has 17 heavy (non-hydrogen) atoms. The van der Waals surface area contributed by atoms with Crippen molar-refractivity contribution in [2.75, 3.05) is 0 Å². The van der Waals surface area contributed by atoms with Crippen molar-refractivity contribution in [1.29, 1.82) is 0 Å². The van der Waals surface area contributed by atoms with E-state index in [0.29, 0.717) is 19.3 Å². The van der Waals surface area contributed by atoms with E-state index in [4.69, 9.17) is 0 Å². The van der Waals surface area contributed by atoms with E-state index in [9.17, 15) is 14.9 Å². The van der Waals surface area contributed by atoms with E-state index in [-0.39, 0.29) is 5.91 Å². The van der Waals surface area contributed by atoms with Crippen LogP contribution in [0.25, 0.3) is 0 Å². The minimum Gasteiger partial charge on any atom is -0.285 e. The van der Waals surface area contributed by atoms with Gasteiger partial charge in [0.2, 0.25) is 0 Å². The smallest absolute Gasteiger partial charge is 0.255 e. The van der Waals surface area contributed by atoms with Crippen LogP contribution in [0.2, 0.25) is 0 Å². The van der Waals surface area contributed by atoms with Gasteiger partial charge in [-0.3, -0.25) is 10.0 Å². The molecule has 5 heteroatoms. The number of nitroso groups, excluding NO2 is 1. The van der Waals surface area contributed by atoms with Crippen molar-refractivity contribution in [3.8, 4) is 0 Å². The van der Waals surface area contributed by atoms with Crippen LogP contribution in [0.1, 0.15) is 38.5 Å². The van der Waals surface area contributed by atoms with Gasteiger partial charge in [-0.15, -0.1) is 0 Å². The molecule has 1 N–H and O–H groups in total. The zero-order valence-corrected chi connectivity index (χ0v) is 9.63. The summed E-state index contributed by atoms with van der Waals surface area (Å²) in [5.41, 5.74) is -1.59. The molecule has 92 valence electrons. The van der Waals surface area contributed by atoms with Gasteiger partial charge in [0.1, 0.15) is 11.6 Å². The predicted molar refractivity (Wildman–Crippen MR) is 60.2 cm³/mol. The minimum atomic E-state index is -0.858. The highest BCUT2D eigenvalue weighted by Gasteiger charge is 2.68. The molecular weight excluding hydrogens is 220 g/mol. The van der Waals surface area contributed by atoms with Gasteiger partial charge in [0.15, 0.2) is 0 Å². The number of carbonyl (C=O) groups is 1. The SMILES string of the molecule is O=NC1C2(CCCC2)C(=O)N(O)C12C=CCC2. The molecule has 5 nitrogen and oxygen atoms in total. The topological polar surface area (TPSA) is 70.0 Å². The number of hydrogen-bond acceptors (Lipinski definition) is 4. The van der Waals surface area contributed by atoms with Crippen LogP contribution in [0.15, 0.2) is 17.3 Å². The van der Waals surface area contributed by atoms with Crippen LogP contribution in [0, 0.1) is 10.3 Å². The van der Waals surface area contributed by atoms with E-state index in [1.165, 1.54) is 0 Å². The summed E-state index contributed by atoms with van der Waals surface area (Å²) in [7, 11) is 0. The third-order valence-electron chi connectivity index (χ3n) is 4.73. The molecule has 0 aromatic carbocycles. The molecule has 0 aromatic heterocycles. The van der Waals surface area contributed by atoms with E-state index in [1.54, 1.807) is 6.08 Å². The van der Waals surface area contributed by atoms with Crippen molar-refractivity contribution in [3.05, 3.63) is 17.1 Å². The van der Waals surface area contributed by atoms with E-state index in [0.717, 1.165) is 24.3 Å². The summed E-state index contributed by atoms with van der Waals surface area (Å²) in [5.74, 6) is -0.300. The van der Waals surface area contributed by atoms with E-state index in [2.05, 4.69) is 5.18 Å². The number of amides is 1. The molecule has 3 rings (SSSR count). The average Bonchev–Trinajstić information content (AvgIpc) is 3.01. The van der Waals surface area contributed by atoms with Gasteiger partial charge in [-0.25, -0.2) is 5.06 Å². The van der Waals surface area contributed by atoms with E-state index >= 15 is 0 Å². The lowest BCUT2D eigenvalue weighted by molar-refractivity contribution is -0.178. The van der Waals surface area contributed by atoms with Gasteiger partial charge in [0.05, 0.1) is 5.41 Å². The predicted octanol–water partition coefficient (Wildman–Crippen LogP) is 2.00. The van der Waals surface area contributed by atoms with Crippen LogP contribution in [-0.2, 0) is 4.79 Å². The molecular formula is C12H16N2O3. The molecule has 1 aliphatic heterocycles. The lowest BCUT2D eigenvalue weighted by Crippen LogP contribution is -2.46. The molecule has 2 unspecified atom stereocenters. The quantitative estimate of drug-likeness (QED) is 0.430. The number of nitrogens with zero attached hydrogens (tertiary/aromatic N) is 2. The fraction of sp³-hybridized carbons (Fsp3) is 0.750. The van der Waals surface area contributed by atoms with Gasteiger partial charge < -0.3 is 0 Å². The fourth-order valence-corrected chi connectivity index (χ4v) is 3.89. The molecule has 0 bridgehead atoms. The van der Waals surface area contributed by atoms with Crippen LogP contribution < -0.4 is 0 Å². The first-order chi connectivity index (χ1) is 8.17. The maximum absolute atomic E-state index is 12.3. The first kappa shape index (κ1) is 10.9. The molecule has 0 aromatic rings. The van der Waals surface area contributed by atoms with Crippen LogP contribution in [0.5, 0.6) is 0 Å². The zero-order valence-electron chi connectivity index (χ0n) is 9.63. The van der Waals surface area contributed by atoms with Crippen molar-refractivity contribution in [2.24, 2.45) is 10.6 Å². The highest BCUT2D eigenvalue weighted by atomic mass is 16.5. The van der Waals surface area contributed by atoms with Crippen molar-refractivity contribution in [2.45, 2.75) is 50.1 Å². The number of allylic oxidation sites excluding steroid dienone is 1. The lowest BCUT2D eigenvalue weighted by atomic mass is 9.74. The zero-order chi connectivity index (χ0) is 12.1. The molecule has 2 atom stereocenters. The Hall–Kier alpha value is -1.23. The monoisotopic (exact) mass is 236 g/mol. The molecule has 2 spiro atoms. The highest BCUT2D eigenvalue weighted by Crippen LogP contribution is 2.56. The van der Waals surface area contributed by atoms with Crippen LogP contribution >= 0.6 is 0 Å². The second-order valence-electron chi connectivity index (χ2n) is 5.42. The number of hydroxylamine groups is 2. The summed E-state index contributed by atoms with van der Waals surface area (Å²) in [6.07, 6.45) is 8.33. The summed E-state index contributed by atoms with van der Waals surface area (Å²) in [4.78, 5) is 23.5. The van der Waals surface area contributed by atoms with Crippen molar-refractivity contribution >= 4 is 5.91 Å². The number of carbonyl (C=O) groups excluding carboxylic acids is 1. The Balaban J connectivity index is 2.11. The molecule has 1 saturated heterocycles. The van der Waals surface area contributed by atoms with E-state index in [1.807, 2.05) is 6.08 Å². The largest absolute Gasteiger partial charge is 0.285 e. The second kappa shape index (κ2) is 3.38. The first-order valence-corrected chi connectivity index (χ1v) is 6.21. The molecule has 0 radical (unpaired) electrons. The number of hydrogen-bond donors (Lipinski definition) is 1. The Kier molecular flexibility index (Phi) is 2.17. The van der Waals surface area contributed by atoms with Crippen LogP contribution in [-0.4, -0.2) is 27.8 Å². The minimum absolute atomic E-state index is 0.300. The van der Waals surface area contributed by atoms with E-state index < -0.39 is 17.0 Å². The van der Waals surface area contributed by atoms with Gasteiger partial charge in [0.25, 0.3) is 5.91 Å². The third kappa shape index (κ3) is 1.10. The maximum Gasteiger partial charge on any atom is 0.255 e. The molecule has 2 aliphatic carbocycles. The highest BCUT2D eigenvalue weighted by molar-refractivity contribution is 5.87.